The van der Waals surface area contributed by atoms with Crippen LogP contribution in [0.2, 0.25) is 10.0 Å². The van der Waals surface area contributed by atoms with Crippen LogP contribution in [0.4, 0.5) is 0 Å². The fourth-order valence-corrected chi connectivity index (χ4v) is 1.12. The van der Waals surface area contributed by atoms with E-state index >= 15 is 0 Å². The Morgan fingerprint density at radius 2 is 2.00 bits per heavy atom. The Labute approximate surface area is 69.9 Å². The highest BCUT2D eigenvalue weighted by Crippen LogP contribution is 2.12. The molecule has 0 aromatic heterocycles. The van der Waals surface area contributed by atoms with Crippen LogP contribution in [0.3, 0.4) is 0 Å². The van der Waals surface area contributed by atoms with Crippen LogP contribution in [0.25, 0.3) is 0 Å². The summed E-state index contributed by atoms with van der Waals surface area (Å²) in [4.78, 5) is 0. The molecule has 0 saturated carbocycles. The van der Waals surface area contributed by atoms with Crippen LogP contribution in [0.15, 0.2) is 18.2 Å². The minimum Gasteiger partial charge on any atom is -0.449 e. The maximum Gasteiger partial charge on any atom is 0.306 e. The average Bonchev–Trinajstić information content (AvgIpc) is 1.88. The summed E-state index contributed by atoms with van der Waals surface area (Å²) in [7, 11) is -0.0456. The molecular formula is C6H5BCl2O. The lowest BCUT2D eigenvalue weighted by atomic mass is 9.89. The standard InChI is InChI=1S/C6H5BCl2O/c8-4-1-2-5(7-10)6(9)3-4/h1-3,7,10H. The van der Waals surface area contributed by atoms with Gasteiger partial charge in [0.2, 0.25) is 0 Å². The number of hydrogen-bond acceptors (Lipinski definition) is 1. The van der Waals surface area contributed by atoms with E-state index in [9.17, 15) is 0 Å². The third-order valence-corrected chi connectivity index (χ3v) is 1.77. The first-order valence-corrected chi connectivity index (χ1v) is 3.54. The van der Waals surface area contributed by atoms with Gasteiger partial charge in [0.1, 0.15) is 0 Å². The minimum atomic E-state index is -0.0456. The van der Waals surface area contributed by atoms with Gasteiger partial charge in [0.05, 0.1) is 0 Å². The Morgan fingerprint density at radius 3 is 2.50 bits per heavy atom. The molecule has 0 saturated heterocycles. The lowest BCUT2D eigenvalue weighted by molar-refractivity contribution is 0.615. The zero-order valence-corrected chi connectivity index (χ0v) is 6.65. The topological polar surface area (TPSA) is 20.2 Å². The van der Waals surface area contributed by atoms with Crippen LogP contribution < -0.4 is 5.46 Å². The van der Waals surface area contributed by atoms with Gasteiger partial charge in [0.15, 0.2) is 0 Å². The number of rotatable bonds is 1. The summed E-state index contributed by atoms with van der Waals surface area (Å²) >= 11 is 11.3. The van der Waals surface area contributed by atoms with Crippen molar-refractivity contribution in [1.29, 1.82) is 0 Å². The van der Waals surface area contributed by atoms with Crippen LogP contribution in [0.5, 0.6) is 0 Å². The van der Waals surface area contributed by atoms with E-state index in [0.717, 1.165) is 0 Å². The van der Waals surface area contributed by atoms with Gasteiger partial charge in [-0.2, -0.15) is 0 Å². The molecule has 0 spiro atoms. The Morgan fingerprint density at radius 1 is 1.30 bits per heavy atom. The van der Waals surface area contributed by atoms with Crippen molar-refractivity contribution in [2.75, 3.05) is 0 Å². The summed E-state index contributed by atoms with van der Waals surface area (Å²) in [5.74, 6) is 0. The second-order valence-corrected chi connectivity index (χ2v) is 2.74. The van der Waals surface area contributed by atoms with Crippen LogP contribution >= 0.6 is 23.2 Å². The molecule has 52 valence electrons. The zero-order chi connectivity index (χ0) is 7.56. The lowest BCUT2D eigenvalue weighted by Crippen LogP contribution is -2.13. The summed E-state index contributed by atoms with van der Waals surface area (Å²) in [5, 5.41) is 9.78. The molecule has 4 heteroatoms. The van der Waals surface area contributed by atoms with Crippen molar-refractivity contribution in [3.8, 4) is 0 Å². The summed E-state index contributed by atoms with van der Waals surface area (Å²) in [6, 6.07) is 5.00. The Kier molecular flexibility index (Phi) is 2.60. The van der Waals surface area contributed by atoms with E-state index in [4.69, 9.17) is 28.2 Å². The Balaban J connectivity index is 3.07. The van der Waals surface area contributed by atoms with Gasteiger partial charge in [0, 0.05) is 10.0 Å². The first-order valence-electron chi connectivity index (χ1n) is 2.79. The SMILES string of the molecule is OBc1ccc(Cl)cc1Cl. The highest BCUT2D eigenvalue weighted by Gasteiger charge is 1.99. The van der Waals surface area contributed by atoms with Gasteiger partial charge in [-0.1, -0.05) is 29.3 Å². The van der Waals surface area contributed by atoms with Gasteiger partial charge in [0.25, 0.3) is 0 Å². The molecule has 0 unspecified atom stereocenters. The van der Waals surface area contributed by atoms with Gasteiger partial charge < -0.3 is 5.02 Å². The van der Waals surface area contributed by atoms with Crippen LogP contribution in [-0.4, -0.2) is 12.5 Å². The first kappa shape index (κ1) is 7.93. The van der Waals surface area contributed by atoms with E-state index in [1.165, 1.54) is 0 Å². The van der Waals surface area contributed by atoms with Crippen molar-refractivity contribution in [3.63, 3.8) is 0 Å². The Hall–Kier alpha value is -0.175. The van der Waals surface area contributed by atoms with E-state index in [1.807, 2.05) is 0 Å². The molecule has 0 fully saturated rings. The molecule has 1 aromatic rings. The third kappa shape index (κ3) is 1.66. The second kappa shape index (κ2) is 3.29. The Bertz CT molecular complexity index is 239. The molecule has 0 amide bonds. The van der Waals surface area contributed by atoms with E-state index in [-0.39, 0.29) is 7.48 Å². The largest absolute Gasteiger partial charge is 0.449 e. The number of halogens is 2. The quantitative estimate of drug-likeness (QED) is 0.630. The van der Waals surface area contributed by atoms with Gasteiger partial charge in [-0.3, -0.25) is 0 Å². The van der Waals surface area contributed by atoms with Crippen LogP contribution in [0.1, 0.15) is 0 Å². The second-order valence-electron chi connectivity index (χ2n) is 1.89. The fraction of sp³-hybridized carbons (Fsp3) is 0. The highest BCUT2D eigenvalue weighted by molar-refractivity contribution is 6.53. The predicted octanol–water partition coefficient (Wildman–Crippen LogP) is 0.962. The van der Waals surface area contributed by atoms with Gasteiger partial charge >= 0.3 is 7.48 Å². The molecule has 0 radical (unpaired) electrons. The zero-order valence-electron chi connectivity index (χ0n) is 5.14. The van der Waals surface area contributed by atoms with Crippen molar-refractivity contribution in [1.82, 2.24) is 0 Å². The van der Waals surface area contributed by atoms with E-state index in [1.54, 1.807) is 18.2 Å². The molecule has 0 aliphatic heterocycles. The van der Waals surface area contributed by atoms with E-state index in [2.05, 4.69) is 0 Å². The molecule has 10 heavy (non-hydrogen) atoms. The normalized spacial score (nSPS) is 9.50. The third-order valence-electron chi connectivity index (χ3n) is 1.19. The minimum absolute atomic E-state index is 0.0456. The molecule has 1 N–H and O–H groups in total. The van der Waals surface area contributed by atoms with Crippen LogP contribution in [-0.2, 0) is 0 Å². The average molecular weight is 175 g/mol. The van der Waals surface area contributed by atoms with Crippen molar-refractivity contribution >= 4 is 36.1 Å². The monoisotopic (exact) mass is 174 g/mol. The van der Waals surface area contributed by atoms with Crippen molar-refractivity contribution < 1.29 is 5.02 Å². The molecule has 1 aromatic carbocycles. The maximum absolute atomic E-state index is 8.68. The molecular weight excluding hydrogens is 170 g/mol. The maximum atomic E-state index is 8.68. The van der Waals surface area contributed by atoms with E-state index in [0.29, 0.717) is 15.5 Å². The van der Waals surface area contributed by atoms with Crippen molar-refractivity contribution in [2.45, 2.75) is 0 Å². The molecule has 0 bridgehead atoms. The molecule has 0 heterocycles. The molecule has 1 nitrogen and oxygen atoms in total. The predicted molar refractivity (Wildman–Crippen MR) is 45.5 cm³/mol. The smallest absolute Gasteiger partial charge is 0.306 e. The summed E-state index contributed by atoms with van der Waals surface area (Å²) in [6.07, 6.45) is 0. The van der Waals surface area contributed by atoms with Crippen molar-refractivity contribution in [3.05, 3.63) is 28.2 Å². The summed E-state index contributed by atoms with van der Waals surface area (Å²) in [6.45, 7) is 0. The molecule has 0 aliphatic rings. The van der Waals surface area contributed by atoms with Crippen molar-refractivity contribution in [2.24, 2.45) is 0 Å². The molecule has 0 atom stereocenters. The van der Waals surface area contributed by atoms with Gasteiger partial charge in [-0.15, -0.1) is 0 Å². The number of hydrogen-bond donors (Lipinski definition) is 1. The summed E-state index contributed by atoms with van der Waals surface area (Å²) < 4.78 is 0. The molecule has 1 rings (SSSR count). The van der Waals surface area contributed by atoms with E-state index < -0.39 is 0 Å². The lowest BCUT2D eigenvalue weighted by Gasteiger charge is -1.97. The fourth-order valence-electron chi connectivity index (χ4n) is 0.650. The number of benzene rings is 1. The van der Waals surface area contributed by atoms with Gasteiger partial charge in [-0.05, 0) is 17.6 Å². The molecule has 0 aliphatic carbocycles. The first-order chi connectivity index (χ1) is 4.74. The highest BCUT2D eigenvalue weighted by atomic mass is 35.5. The van der Waals surface area contributed by atoms with Gasteiger partial charge in [-0.25, -0.2) is 0 Å². The summed E-state index contributed by atoms with van der Waals surface area (Å²) in [5.41, 5.74) is 0.700. The van der Waals surface area contributed by atoms with Crippen LogP contribution in [0, 0.1) is 0 Å².